The van der Waals surface area contributed by atoms with Gasteiger partial charge < -0.3 is 10.2 Å². The van der Waals surface area contributed by atoms with Crippen LogP contribution in [0.4, 0.5) is 14.9 Å². The molecule has 0 radical (unpaired) electrons. The van der Waals surface area contributed by atoms with Gasteiger partial charge in [-0.1, -0.05) is 24.3 Å². The average molecular weight is 312 g/mol. The van der Waals surface area contributed by atoms with Crippen molar-refractivity contribution in [1.29, 1.82) is 0 Å². The zero-order chi connectivity index (χ0) is 16.2. The predicted octanol–water partition coefficient (Wildman–Crippen LogP) is 3.33. The first kappa shape index (κ1) is 15.1. The maximum absolute atomic E-state index is 13.7. The van der Waals surface area contributed by atoms with E-state index in [1.54, 1.807) is 4.90 Å². The summed E-state index contributed by atoms with van der Waals surface area (Å²) in [5.41, 5.74) is 1.80. The Morgan fingerprint density at radius 2 is 2.00 bits per heavy atom. The van der Waals surface area contributed by atoms with Crippen molar-refractivity contribution in [2.75, 3.05) is 11.9 Å². The lowest BCUT2D eigenvalue weighted by Crippen LogP contribution is -2.43. The summed E-state index contributed by atoms with van der Waals surface area (Å²) in [5, 5.41) is 2.86. The van der Waals surface area contributed by atoms with E-state index in [1.807, 2.05) is 43.3 Å². The molecule has 1 aromatic carbocycles. The van der Waals surface area contributed by atoms with Gasteiger partial charge in [-0.25, -0.2) is 9.78 Å². The Kier molecular flexibility index (Phi) is 4.32. The van der Waals surface area contributed by atoms with Crippen LogP contribution in [0.3, 0.4) is 0 Å². The number of rotatable bonds is 2. The van der Waals surface area contributed by atoms with E-state index in [2.05, 4.69) is 15.3 Å². The van der Waals surface area contributed by atoms with E-state index in [9.17, 15) is 9.18 Å². The fourth-order valence-corrected chi connectivity index (χ4v) is 2.63. The number of anilines is 1. The number of urea groups is 1. The van der Waals surface area contributed by atoms with Gasteiger partial charge in [0, 0.05) is 30.7 Å². The van der Waals surface area contributed by atoms with Crippen molar-refractivity contribution in [2.24, 2.45) is 0 Å². The first-order valence-electron chi connectivity index (χ1n) is 7.43. The number of carbonyl (C=O) groups excluding carboxylic acids is 1. The summed E-state index contributed by atoms with van der Waals surface area (Å²) in [5.74, 6) is -0.576. The van der Waals surface area contributed by atoms with E-state index < -0.39 is 5.95 Å². The molecule has 0 bridgehead atoms. The number of halogens is 1. The smallest absolute Gasteiger partial charge is 0.318 e. The first-order valence-corrected chi connectivity index (χ1v) is 7.43. The highest BCUT2D eigenvalue weighted by Gasteiger charge is 2.26. The molecule has 2 amide bonds. The number of carbonyl (C=O) groups is 1. The third kappa shape index (κ3) is 3.36. The zero-order valence-electron chi connectivity index (χ0n) is 12.7. The quantitative estimate of drug-likeness (QED) is 0.925. The minimum atomic E-state index is -0.576. The molecule has 1 atom stereocenters. The number of hydrogen-bond acceptors (Lipinski definition) is 3. The number of para-hydroxylation sites is 1. The van der Waals surface area contributed by atoms with E-state index in [-0.39, 0.29) is 17.8 Å². The highest BCUT2D eigenvalue weighted by Crippen LogP contribution is 2.26. The third-order valence-corrected chi connectivity index (χ3v) is 3.83. The van der Waals surface area contributed by atoms with E-state index in [4.69, 9.17) is 0 Å². The number of benzene rings is 1. The van der Waals surface area contributed by atoms with Crippen LogP contribution in [0.25, 0.3) is 5.57 Å². The summed E-state index contributed by atoms with van der Waals surface area (Å²) in [6, 6.07) is 9.07. The Morgan fingerprint density at radius 1 is 1.26 bits per heavy atom. The Bertz CT molecular complexity index is 732. The van der Waals surface area contributed by atoms with Crippen LogP contribution in [-0.2, 0) is 0 Å². The highest BCUT2D eigenvalue weighted by atomic mass is 19.1. The monoisotopic (exact) mass is 312 g/mol. The molecule has 0 spiro atoms. The van der Waals surface area contributed by atoms with Crippen molar-refractivity contribution in [2.45, 2.75) is 19.4 Å². The van der Waals surface area contributed by atoms with Gasteiger partial charge in [0.1, 0.15) is 5.69 Å². The number of aromatic nitrogens is 2. The molecule has 1 N–H and O–H groups in total. The van der Waals surface area contributed by atoms with E-state index in [0.717, 1.165) is 11.3 Å². The zero-order valence-corrected chi connectivity index (χ0v) is 12.7. The Morgan fingerprint density at radius 3 is 2.70 bits per heavy atom. The second-order valence-electron chi connectivity index (χ2n) is 5.43. The van der Waals surface area contributed by atoms with Gasteiger partial charge in [-0.2, -0.15) is 4.39 Å². The van der Waals surface area contributed by atoms with Crippen LogP contribution >= 0.6 is 0 Å². The molecule has 3 rings (SSSR count). The second kappa shape index (κ2) is 6.56. The molecule has 0 saturated heterocycles. The van der Waals surface area contributed by atoms with Crippen LogP contribution in [0.15, 0.2) is 48.8 Å². The van der Waals surface area contributed by atoms with Crippen LogP contribution in [0.2, 0.25) is 0 Å². The van der Waals surface area contributed by atoms with E-state index >= 15 is 0 Å². The standard InChI is InChI=1S/C17H17FN4O/c1-12-11-13(15-16(18)20-9-8-19-15)7-10-22(12)17(23)21-14-5-3-2-4-6-14/h2-9,12H,10-11H2,1H3,(H,21,23)/t12-/m0/s1. The summed E-state index contributed by atoms with van der Waals surface area (Å²) < 4.78 is 13.7. The lowest BCUT2D eigenvalue weighted by molar-refractivity contribution is 0.198. The molecule has 1 aliphatic heterocycles. The highest BCUT2D eigenvalue weighted by molar-refractivity contribution is 5.90. The van der Waals surface area contributed by atoms with Gasteiger partial charge in [0.25, 0.3) is 0 Å². The van der Waals surface area contributed by atoms with Gasteiger partial charge >= 0.3 is 6.03 Å². The molecule has 0 unspecified atom stereocenters. The molecule has 23 heavy (non-hydrogen) atoms. The second-order valence-corrected chi connectivity index (χ2v) is 5.43. The molecule has 0 fully saturated rings. The van der Waals surface area contributed by atoms with Crippen LogP contribution in [0, 0.1) is 5.95 Å². The fraction of sp³-hybridized carbons (Fsp3) is 0.235. The van der Waals surface area contributed by atoms with Crippen molar-refractivity contribution < 1.29 is 9.18 Å². The van der Waals surface area contributed by atoms with Crippen molar-refractivity contribution >= 4 is 17.3 Å². The maximum atomic E-state index is 13.7. The number of hydrogen-bond donors (Lipinski definition) is 1. The van der Waals surface area contributed by atoms with Crippen LogP contribution in [-0.4, -0.2) is 33.5 Å². The Hall–Kier alpha value is -2.76. The number of nitrogens with one attached hydrogen (secondary N) is 1. The first-order chi connectivity index (χ1) is 11.1. The summed E-state index contributed by atoms with van der Waals surface area (Å²) in [6.07, 6.45) is 5.17. The number of nitrogens with zero attached hydrogens (tertiary/aromatic N) is 3. The minimum absolute atomic E-state index is 0.0554. The number of amides is 2. The molecule has 0 saturated carbocycles. The van der Waals surface area contributed by atoms with Crippen molar-refractivity contribution in [1.82, 2.24) is 14.9 Å². The fourth-order valence-electron chi connectivity index (χ4n) is 2.63. The molecular formula is C17H17FN4O. The van der Waals surface area contributed by atoms with Gasteiger partial charge in [0.15, 0.2) is 0 Å². The minimum Gasteiger partial charge on any atom is -0.318 e. The van der Waals surface area contributed by atoms with Gasteiger partial charge in [0.05, 0.1) is 0 Å². The topological polar surface area (TPSA) is 58.1 Å². The Balaban J connectivity index is 1.73. The van der Waals surface area contributed by atoms with Crippen LogP contribution in [0.5, 0.6) is 0 Å². The normalized spacial score (nSPS) is 17.6. The molecule has 1 aliphatic rings. The van der Waals surface area contributed by atoms with E-state index in [0.29, 0.717) is 13.0 Å². The largest absolute Gasteiger partial charge is 0.322 e. The van der Waals surface area contributed by atoms with Crippen molar-refractivity contribution in [3.63, 3.8) is 0 Å². The third-order valence-electron chi connectivity index (χ3n) is 3.83. The van der Waals surface area contributed by atoms with Gasteiger partial charge in [0.2, 0.25) is 5.95 Å². The summed E-state index contributed by atoms with van der Waals surface area (Å²) in [6.45, 7) is 2.34. The summed E-state index contributed by atoms with van der Waals surface area (Å²) in [4.78, 5) is 21.8. The molecule has 5 nitrogen and oxygen atoms in total. The van der Waals surface area contributed by atoms with Gasteiger partial charge in [-0.05, 0) is 31.1 Å². The van der Waals surface area contributed by atoms with E-state index in [1.165, 1.54) is 12.4 Å². The van der Waals surface area contributed by atoms with Crippen molar-refractivity contribution in [3.05, 3.63) is 60.4 Å². The summed E-state index contributed by atoms with van der Waals surface area (Å²) >= 11 is 0. The Labute approximate surface area is 133 Å². The molecule has 0 aliphatic carbocycles. The van der Waals surface area contributed by atoms with Crippen LogP contribution in [0.1, 0.15) is 19.0 Å². The average Bonchev–Trinajstić information content (AvgIpc) is 2.56. The van der Waals surface area contributed by atoms with Crippen LogP contribution < -0.4 is 5.32 Å². The molecule has 118 valence electrons. The summed E-state index contributed by atoms with van der Waals surface area (Å²) in [7, 11) is 0. The molecule has 1 aromatic heterocycles. The molecule has 2 aromatic rings. The SMILES string of the molecule is C[C@H]1CC(c2nccnc2F)=CCN1C(=O)Nc1ccccc1. The lowest BCUT2D eigenvalue weighted by atomic mass is 9.99. The van der Waals surface area contributed by atoms with Crippen molar-refractivity contribution in [3.8, 4) is 0 Å². The van der Waals surface area contributed by atoms with Gasteiger partial charge in [-0.15, -0.1) is 0 Å². The molecular weight excluding hydrogens is 295 g/mol. The maximum Gasteiger partial charge on any atom is 0.322 e. The molecule has 6 heteroatoms. The van der Waals surface area contributed by atoms with Gasteiger partial charge in [-0.3, -0.25) is 4.98 Å². The predicted molar refractivity (Wildman–Crippen MR) is 86.2 cm³/mol. The molecule has 2 heterocycles. The lowest BCUT2D eigenvalue weighted by Gasteiger charge is -2.32.